The molecular weight excluding hydrogens is 256 g/mol. The molecule has 1 fully saturated rings. The minimum absolute atomic E-state index is 0.577. The zero-order chi connectivity index (χ0) is 14.3. The topological polar surface area (TPSA) is 9.23 Å². The van der Waals surface area contributed by atoms with Crippen LogP contribution in [-0.2, 0) is 6.42 Å². The van der Waals surface area contributed by atoms with Gasteiger partial charge in [0.2, 0.25) is 0 Å². The van der Waals surface area contributed by atoms with Crippen LogP contribution in [0.1, 0.15) is 37.3 Å². The Morgan fingerprint density at radius 2 is 1.71 bits per heavy atom. The van der Waals surface area contributed by atoms with Crippen LogP contribution in [0.2, 0.25) is 0 Å². The Bertz CT molecular complexity index is 650. The first kappa shape index (κ1) is 12.9. The largest absolute Gasteiger partial charge is 0.494 e. The molecule has 2 aromatic carbocycles. The van der Waals surface area contributed by atoms with Crippen molar-refractivity contribution >= 4 is 0 Å². The Labute approximate surface area is 127 Å². The fraction of sp³-hybridized carbons (Fsp3) is 0.350. The fourth-order valence-electron chi connectivity index (χ4n) is 3.39. The highest BCUT2D eigenvalue weighted by atomic mass is 16.5. The third-order valence-corrected chi connectivity index (χ3v) is 4.89. The Balaban J connectivity index is 1.61. The molecule has 1 nitrogen and oxygen atoms in total. The number of benzene rings is 2. The van der Waals surface area contributed by atoms with Crippen molar-refractivity contribution in [1.29, 1.82) is 0 Å². The van der Waals surface area contributed by atoms with E-state index in [9.17, 15) is 0 Å². The molecule has 0 aromatic heterocycles. The van der Waals surface area contributed by atoms with Gasteiger partial charge in [0.05, 0.1) is 6.61 Å². The van der Waals surface area contributed by atoms with E-state index < -0.39 is 0 Å². The second-order valence-electron chi connectivity index (χ2n) is 6.38. The lowest BCUT2D eigenvalue weighted by Crippen LogP contribution is -2.12. The predicted octanol–water partition coefficient (Wildman–Crippen LogP) is 5.03. The van der Waals surface area contributed by atoms with Crippen molar-refractivity contribution < 1.29 is 4.74 Å². The lowest BCUT2D eigenvalue weighted by molar-refractivity contribution is 0.340. The number of rotatable bonds is 3. The van der Waals surface area contributed by atoms with Gasteiger partial charge in [-0.3, -0.25) is 0 Å². The van der Waals surface area contributed by atoms with Crippen molar-refractivity contribution in [2.24, 2.45) is 5.41 Å². The van der Waals surface area contributed by atoms with E-state index in [0.29, 0.717) is 5.41 Å². The molecule has 0 bridgehead atoms. The average Bonchev–Trinajstić information content (AvgIpc) is 3.27. The summed E-state index contributed by atoms with van der Waals surface area (Å²) in [4.78, 5) is 0. The lowest BCUT2D eigenvalue weighted by atomic mass is 9.80. The Morgan fingerprint density at radius 1 is 0.952 bits per heavy atom. The molecule has 4 rings (SSSR count). The Hall–Kier alpha value is -1.76. The zero-order valence-corrected chi connectivity index (χ0v) is 12.6. The van der Waals surface area contributed by atoms with Gasteiger partial charge in [-0.25, -0.2) is 0 Å². The van der Waals surface area contributed by atoms with Crippen molar-refractivity contribution in [3.05, 3.63) is 60.0 Å². The van der Waals surface area contributed by atoms with Crippen LogP contribution in [0.3, 0.4) is 0 Å². The molecule has 0 N–H and O–H groups in total. The molecule has 1 heteroatoms. The van der Waals surface area contributed by atoms with Crippen molar-refractivity contribution in [1.82, 2.24) is 0 Å². The number of ether oxygens (including phenoxy) is 1. The standard InChI is InChI=1S/C20H21O/c1-2-21-19-7-5-15(6-8-19)16-3-4-18-14-20(11-12-20)10-9-17(18)13-16/h3-8,13-14H,2,9-12H2,1H3. The SMILES string of the molecule is CCOc1ccc(-c2ccc3c(c2)CCC2([CH]3)CC2)cc1. The van der Waals surface area contributed by atoms with Gasteiger partial charge >= 0.3 is 0 Å². The summed E-state index contributed by atoms with van der Waals surface area (Å²) in [5.41, 5.74) is 6.14. The minimum atomic E-state index is 0.577. The van der Waals surface area contributed by atoms with Crippen LogP contribution in [-0.4, -0.2) is 6.61 Å². The quantitative estimate of drug-likeness (QED) is 0.764. The van der Waals surface area contributed by atoms with E-state index >= 15 is 0 Å². The van der Waals surface area contributed by atoms with E-state index in [0.717, 1.165) is 12.4 Å². The molecule has 2 aliphatic carbocycles. The zero-order valence-electron chi connectivity index (χ0n) is 12.6. The highest BCUT2D eigenvalue weighted by molar-refractivity contribution is 5.66. The molecule has 0 heterocycles. The molecule has 0 amide bonds. The van der Waals surface area contributed by atoms with E-state index in [1.54, 1.807) is 0 Å². The Morgan fingerprint density at radius 3 is 2.43 bits per heavy atom. The summed E-state index contributed by atoms with van der Waals surface area (Å²) in [6.45, 7) is 2.73. The lowest BCUT2D eigenvalue weighted by Gasteiger charge is -2.24. The summed E-state index contributed by atoms with van der Waals surface area (Å²) < 4.78 is 5.51. The third-order valence-electron chi connectivity index (χ3n) is 4.89. The first-order chi connectivity index (χ1) is 10.3. The second kappa shape index (κ2) is 4.91. The molecule has 1 saturated carbocycles. The molecule has 2 aromatic rings. The van der Waals surface area contributed by atoms with Gasteiger partial charge in [-0.05, 0) is 78.8 Å². The summed E-state index contributed by atoms with van der Waals surface area (Å²) in [6.07, 6.45) is 7.89. The van der Waals surface area contributed by atoms with Gasteiger partial charge in [-0.2, -0.15) is 0 Å². The van der Waals surface area contributed by atoms with E-state index in [2.05, 4.69) is 48.9 Å². The number of hydrogen-bond acceptors (Lipinski definition) is 1. The summed E-state index contributed by atoms with van der Waals surface area (Å²) >= 11 is 0. The molecule has 1 radical (unpaired) electrons. The molecule has 107 valence electrons. The van der Waals surface area contributed by atoms with Gasteiger partial charge in [0.15, 0.2) is 0 Å². The Kier molecular flexibility index (Phi) is 3.02. The fourth-order valence-corrected chi connectivity index (χ4v) is 3.39. The second-order valence-corrected chi connectivity index (χ2v) is 6.38. The van der Waals surface area contributed by atoms with Gasteiger partial charge < -0.3 is 4.74 Å². The summed E-state index contributed by atoms with van der Waals surface area (Å²) in [5, 5.41) is 0. The van der Waals surface area contributed by atoms with Gasteiger partial charge in [-0.15, -0.1) is 0 Å². The molecule has 0 saturated heterocycles. The smallest absolute Gasteiger partial charge is 0.119 e. The molecule has 0 unspecified atom stereocenters. The summed E-state index contributed by atoms with van der Waals surface area (Å²) in [5.74, 6) is 0.947. The van der Waals surface area contributed by atoms with Crippen LogP contribution < -0.4 is 4.74 Å². The monoisotopic (exact) mass is 277 g/mol. The molecule has 2 aliphatic rings. The molecule has 1 spiro atoms. The van der Waals surface area contributed by atoms with Crippen LogP contribution in [0.25, 0.3) is 11.1 Å². The molecule has 0 aliphatic heterocycles. The number of fused-ring (bicyclic) bond motifs is 1. The first-order valence-corrected chi connectivity index (χ1v) is 8.00. The molecular formula is C20H21O. The van der Waals surface area contributed by atoms with E-state index in [1.807, 2.05) is 6.92 Å². The van der Waals surface area contributed by atoms with Crippen LogP contribution in [0.5, 0.6) is 5.75 Å². The van der Waals surface area contributed by atoms with Crippen LogP contribution in [0, 0.1) is 11.8 Å². The number of hydrogen-bond donors (Lipinski definition) is 0. The van der Waals surface area contributed by atoms with E-state index in [4.69, 9.17) is 4.74 Å². The van der Waals surface area contributed by atoms with E-state index in [-0.39, 0.29) is 0 Å². The van der Waals surface area contributed by atoms with Crippen molar-refractivity contribution in [3.8, 4) is 16.9 Å². The molecule has 21 heavy (non-hydrogen) atoms. The van der Waals surface area contributed by atoms with Crippen molar-refractivity contribution in [3.63, 3.8) is 0 Å². The average molecular weight is 277 g/mol. The van der Waals surface area contributed by atoms with Crippen LogP contribution >= 0.6 is 0 Å². The maximum absolute atomic E-state index is 5.51. The van der Waals surface area contributed by atoms with Gasteiger partial charge in [0, 0.05) is 0 Å². The normalized spacial score (nSPS) is 18.3. The maximum atomic E-state index is 5.51. The van der Waals surface area contributed by atoms with Crippen LogP contribution in [0.15, 0.2) is 42.5 Å². The predicted molar refractivity (Wildman–Crippen MR) is 86.4 cm³/mol. The summed E-state index contributed by atoms with van der Waals surface area (Å²) in [6, 6.07) is 15.4. The number of aryl methyl sites for hydroxylation is 1. The van der Waals surface area contributed by atoms with E-state index in [1.165, 1.54) is 47.9 Å². The first-order valence-electron chi connectivity index (χ1n) is 8.00. The maximum Gasteiger partial charge on any atom is 0.119 e. The summed E-state index contributed by atoms with van der Waals surface area (Å²) in [7, 11) is 0. The van der Waals surface area contributed by atoms with Gasteiger partial charge in [0.25, 0.3) is 0 Å². The van der Waals surface area contributed by atoms with Gasteiger partial charge in [-0.1, -0.05) is 30.3 Å². The minimum Gasteiger partial charge on any atom is -0.494 e. The van der Waals surface area contributed by atoms with Crippen molar-refractivity contribution in [2.45, 2.75) is 32.6 Å². The van der Waals surface area contributed by atoms with Gasteiger partial charge in [0.1, 0.15) is 5.75 Å². The van der Waals surface area contributed by atoms with Crippen molar-refractivity contribution in [2.75, 3.05) is 6.61 Å². The van der Waals surface area contributed by atoms with Crippen LogP contribution in [0.4, 0.5) is 0 Å². The highest BCUT2D eigenvalue weighted by Crippen LogP contribution is 2.56. The highest BCUT2D eigenvalue weighted by Gasteiger charge is 2.44. The molecule has 0 atom stereocenters. The third kappa shape index (κ3) is 2.46.